The second-order valence-corrected chi connectivity index (χ2v) is 8.01. The van der Waals surface area contributed by atoms with Crippen LogP contribution in [0.2, 0.25) is 10.0 Å². The summed E-state index contributed by atoms with van der Waals surface area (Å²) in [6.45, 7) is 1.87. The zero-order valence-electron chi connectivity index (χ0n) is 13.5. The molecular formula is C18H12Cl2N2O2S2. The number of carbonyl (C=O) groups excluding carboxylic acids is 2. The van der Waals surface area contributed by atoms with E-state index in [0.717, 1.165) is 27.9 Å². The van der Waals surface area contributed by atoms with Crippen molar-refractivity contribution in [1.82, 2.24) is 10.4 Å². The number of carbonyl (C=O) groups is 2. The van der Waals surface area contributed by atoms with Crippen LogP contribution in [0.15, 0.2) is 47.4 Å². The Morgan fingerprint density at radius 2 is 1.88 bits per heavy atom. The van der Waals surface area contributed by atoms with Gasteiger partial charge in [0.25, 0.3) is 11.8 Å². The number of benzene rings is 2. The van der Waals surface area contributed by atoms with Gasteiger partial charge in [0.05, 0.1) is 15.5 Å². The molecule has 0 saturated carbocycles. The fourth-order valence-electron chi connectivity index (χ4n) is 2.24. The Morgan fingerprint density at radius 3 is 2.54 bits per heavy atom. The number of nitrogens with zero attached hydrogens (tertiary/aromatic N) is 1. The average molecular weight is 423 g/mol. The van der Waals surface area contributed by atoms with E-state index in [0.29, 0.717) is 15.0 Å². The first-order valence-electron chi connectivity index (χ1n) is 7.46. The van der Waals surface area contributed by atoms with Gasteiger partial charge in [0.1, 0.15) is 0 Å². The summed E-state index contributed by atoms with van der Waals surface area (Å²) in [5.41, 5.74) is 4.53. The highest BCUT2D eigenvalue weighted by atomic mass is 35.5. The van der Waals surface area contributed by atoms with Crippen LogP contribution in [0.25, 0.3) is 6.08 Å². The summed E-state index contributed by atoms with van der Waals surface area (Å²) in [6.07, 6.45) is 1.70. The number of hydrogen-bond acceptors (Lipinski definition) is 4. The maximum absolute atomic E-state index is 12.6. The lowest BCUT2D eigenvalue weighted by molar-refractivity contribution is -0.123. The summed E-state index contributed by atoms with van der Waals surface area (Å²) in [6, 6.07) is 12.1. The van der Waals surface area contributed by atoms with Crippen LogP contribution in [0.4, 0.5) is 0 Å². The third-order valence-corrected chi connectivity index (χ3v) is 5.41. The van der Waals surface area contributed by atoms with E-state index >= 15 is 0 Å². The Kier molecular flexibility index (Phi) is 5.67. The lowest BCUT2D eigenvalue weighted by atomic mass is 10.1. The van der Waals surface area contributed by atoms with Crippen molar-refractivity contribution in [2.75, 3.05) is 0 Å². The maximum atomic E-state index is 12.6. The van der Waals surface area contributed by atoms with Crippen molar-refractivity contribution in [2.45, 2.75) is 6.92 Å². The summed E-state index contributed by atoms with van der Waals surface area (Å²) >= 11 is 18.3. The van der Waals surface area contributed by atoms with Crippen molar-refractivity contribution in [3.8, 4) is 0 Å². The van der Waals surface area contributed by atoms with E-state index in [4.69, 9.17) is 35.4 Å². The second-order valence-electron chi connectivity index (χ2n) is 5.49. The second kappa shape index (κ2) is 7.80. The molecule has 2 amide bonds. The van der Waals surface area contributed by atoms with Gasteiger partial charge in [-0.15, -0.1) is 0 Å². The van der Waals surface area contributed by atoms with Gasteiger partial charge in [-0.1, -0.05) is 53.2 Å². The molecule has 1 aliphatic heterocycles. The SMILES string of the molecule is Cc1ccc(C(=O)NN2C(=O)/C(=C\c3ccc(Cl)cc3)SC2=S)c(Cl)c1. The van der Waals surface area contributed by atoms with Crippen molar-refractivity contribution < 1.29 is 9.59 Å². The highest BCUT2D eigenvalue weighted by Gasteiger charge is 2.34. The van der Waals surface area contributed by atoms with Crippen LogP contribution in [0, 0.1) is 6.92 Å². The Hall–Kier alpha value is -1.86. The number of amides is 2. The van der Waals surface area contributed by atoms with Crippen LogP contribution in [-0.2, 0) is 4.79 Å². The summed E-state index contributed by atoms with van der Waals surface area (Å²) in [5.74, 6) is -0.898. The van der Waals surface area contributed by atoms with Crippen LogP contribution >= 0.6 is 47.2 Å². The molecule has 0 unspecified atom stereocenters. The molecule has 1 heterocycles. The van der Waals surface area contributed by atoms with Gasteiger partial charge < -0.3 is 0 Å². The van der Waals surface area contributed by atoms with E-state index < -0.39 is 11.8 Å². The molecule has 132 valence electrons. The van der Waals surface area contributed by atoms with Crippen LogP contribution in [0.1, 0.15) is 21.5 Å². The van der Waals surface area contributed by atoms with Crippen molar-refractivity contribution in [1.29, 1.82) is 0 Å². The molecular weight excluding hydrogens is 411 g/mol. The lowest BCUT2D eigenvalue weighted by Gasteiger charge is -2.16. The standard InChI is InChI=1S/C18H12Cl2N2O2S2/c1-10-2-7-13(14(20)8-10)16(23)21-22-17(24)15(26-18(22)25)9-11-3-5-12(19)6-4-11/h2-9H,1H3,(H,21,23)/b15-9+. The summed E-state index contributed by atoms with van der Waals surface area (Å²) in [7, 11) is 0. The fraction of sp³-hybridized carbons (Fsp3) is 0.0556. The molecule has 0 spiro atoms. The normalized spacial score (nSPS) is 15.7. The van der Waals surface area contributed by atoms with Crippen LogP contribution in [-0.4, -0.2) is 21.1 Å². The van der Waals surface area contributed by atoms with Crippen LogP contribution in [0.3, 0.4) is 0 Å². The Bertz CT molecular complexity index is 943. The zero-order chi connectivity index (χ0) is 18.8. The quantitative estimate of drug-likeness (QED) is 0.567. The molecule has 2 aromatic rings. The van der Waals surface area contributed by atoms with Crippen molar-refractivity contribution >= 4 is 69.4 Å². The van der Waals surface area contributed by atoms with Gasteiger partial charge in [-0.05, 0) is 60.6 Å². The molecule has 8 heteroatoms. The van der Waals surface area contributed by atoms with Gasteiger partial charge in [0.15, 0.2) is 4.32 Å². The first-order valence-corrected chi connectivity index (χ1v) is 9.44. The number of nitrogens with one attached hydrogen (secondary N) is 1. The van der Waals surface area contributed by atoms with E-state index in [-0.39, 0.29) is 9.88 Å². The minimum atomic E-state index is -0.501. The molecule has 0 aromatic heterocycles. The van der Waals surface area contributed by atoms with E-state index in [1.165, 1.54) is 0 Å². The lowest BCUT2D eigenvalue weighted by Crippen LogP contribution is -2.44. The van der Waals surface area contributed by atoms with E-state index in [1.54, 1.807) is 48.5 Å². The number of rotatable bonds is 3. The van der Waals surface area contributed by atoms with E-state index in [1.807, 2.05) is 6.92 Å². The van der Waals surface area contributed by atoms with Gasteiger partial charge >= 0.3 is 0 Å². The monoisotopic (exact) mass is 422 g/mol. The zero-order valence-corrected chi connectivity index (χ0v) is 16.6. The van der Waals surface area contributed by atoms with Gasteiger partial charge in [-0.25, -0.2) is 0 Å². The molecule has 1 aliphatic rings. The molecule has 0 aliphatic carbocycles. The molecule has 0 atom stereocenters. The third-order valence-electron chi connectivity index (χ3n) is 3.54. The number of thiocarbonyl (C=S) groups is 1. The maximum Gasteiger partial charge on any atom is 0.285 e. The molecule has 26 heavy (non-hydrogen) atoms. The third kappa shape index (κ3) is 4.10. The Balaban J connectivity index is 1.78. The van der Waals surface area contributed by atoms with E-state index in [9.17, 15) is 9.59 Å². The molecule has 2 aromatic carbocycles. The number of hydrogen-bond donors (Lipinski definition) is 1. The molecule has 1 N–H and O–H groups in total. The van der Waals surface area contributed by atoms with Crippen molar-refractivity contribution in [3.63, 3.8) is 0 Å². The highest BCUT2D eigenvalue weighted by molar-refractivity contribution is 8.26. The topological polar surface area (TPSA) is 49.4 Å². The van der Waals surface area contributed by atoms with Gasteiger partial charge in [-0.3, -0.25) is 15.0 Å². The highest BCUT2D eigenvalue weighted by Crippen LogP contribution is 2.32. The van der Waals surface area contributed by atoms with Crippen molar-refractivity contribution in [3.05, 3.63) is 74.1 Å². The minimum Gasteiger partial charge on any atom is -0.267 e. The van der Waals surface area contributed by atoms with Gasteiger partial charge in [-0.2, -0.15) is 5.01 Å². The summed E-state index contributed by atoms with van der Waals surface area (Å²) in [4.78, 5) is 25.4. The molecule has 0 bridgehead atoms. The van der Waals surface area contributed by atoms with Gasteiger partial charge in [0, 0.05) is 5.02 Å². The summed E-state index contributed by atoms with van der Waals surface area (Å²) in [5, 5.41) is 1.97. The smallest absolute Gasteiger partial charge is 0.267 e. The largest absolute Gasteiger partial charge is 0.285 e. The predicted molar refractivity (Wildman–Crippen MR) is 110 cm³/mol. The van der Waals surface area contributed by atoms with Gasteiger partial charge in [0.2, 0.25) is 0 Å². The number of thioether (sulfide) groups is 1. The summed E-state index contributed by atoms with van der Waals surface area (Å²) < 4.78 is 0.242. The van der Waals surface area contributed by atoms with Crippen LogP contribution in [0.5, 0.6) is 0 Å². The molecule has 1 fully saturated rings. The molecule has 3 rings (SSSR count). The number of hydrazine groups is 1. The Labute approximate surface area is 170 Å². The average Bonchev–Trinajstić information content (AvgIpc) is 2.84. The molecule has 4 nitrogen and oxygen atoms in total. The first kappa shape index (κ1) is 18.9. The van der Waals surface area contributed by atoms with E-state index in [2.05, 4.69) is 5.43 Å². The predicted octanol–water partition coefficient (Wildman–Crippen LogP) is 4.85. The molecule has 1 saturated heterocycles. The van der Waals surface area contributed by atoms with Crippen molar-refractivity contribution in [2.24, 2.45) is 0 Å². The molecule has 0 radical (unpaired) electrons. The first-order chi connectivity index (χ1) is 12.3. The van der Waals surface area contributed by atoms with Crippen LogP contribution < -0.4 is 5.43 Å². The fourth-order valence-corrected chi connectivity index (χ4v) is 3.87. The number of aryl methyl sites for hydroxylation is 1. The Morgan fingerprint density at radius 1 is 1.19 bits per heavy atom. The number of halogens is 2. The minimum absolute atomic E-state index is 0.242.